The highest BCUT2D eigenvalue weighted by atomic mass is 79.9. The molecule has 1 aliphatic rings. The van der Waals surface area contributed by atoms with Crippen molar-refractivity contribution in [1.29, 1.82) is 0 Å². The van der Waals surface area contributed by atoms with Gasteiger partial charge in [0.1, 0.15) is 0 Å². The van der Waals surface area contributed by atoms with E-state index in [9.17, 15) is 4.79 Å². The first kappa shape index (κ1) is 12.4. The lowest BCUT2D eigenvalue weighted by molar-refractivity contribution is 0.0937. The number of carbonyl (C=O) groups is 1. The monoisotopic (exact) mass is 297 g/mol. The molecular formula is C12H16BrN3O. The number of halogens is 1. The minimum Gasteiger partial charge on any atom is -0.399 e. The molecule has 0 aromatic heterocycles. The largest absolute Gasteiger partial charge is 0.399 e. The molecule has 1 aromatic rings. The quantitative estimate of drug-likeness (QED) is 0.813. The van der Waals surface area contributed by atoms with E-state index in [4.69, 9.17) is 5.73 Å². The summed E-state index contributed by atoms with van der Waals surface area (Å²) < 4.78 is 0.774. The molecule has 0 radical (unpaired) electrons. The molecule has 1 unspecified atom stereocenters. The number of anilines is 1. The van der Waals surface area contributed by atoms with Crippen LogP contribution in [0.1, 0.15) is 16.8 Å². The maximum atomic E-state index is 12.1. The van der Waals surface area contributed by atoms with Gasteiger partial charge in [-0.25, -0.2) is 0 Å². The maximum absolute atomic E-state index is 12.1. The molecule has 0 aliphatic carbocycles. The molecule has 1 aliphatic heterocycles. The number of nitrogens with two attached hydrogens (primary N) is 1. The Hall–Kier alpha value is -1.07. The van der Waals surface area contributed by atoms with Gasteiger partial charge in [-0.15, -0.1) is 0 Å². The SMILES string of the molecule is CN1CCC(NC(=O)c2cc(N)ccc2Br)C1. The van der Waals surface area contributed by atoms with Crippen LogP contribution in [0.4, 0.5) is 5.69 Å². The third-order valence-corrected chi connectivity index (χ3v) is 3.65. The summed E-state index contributed by atoms with van der Waals surface area (Å²) in [5, 5.41) is 3.03. The van der Waals surface area contributed by atoms with Crippen LogP contribution in [-0.2, 0) is 0 Å². The van der Waals surface area contributed by atoms with Gasteiger partial charge in [0.15, 0.2) is 0 Å². The first-order valence-corrected chi connectivity index (χ1v) is 6.40. The number of hydrogen-bond acceptors (Lipinski definition) is 3. The molecule has 0 saturated carbocycles. The zero-order chi connectivity index (χ0) is 12.4. The van der Waals surface area contributed by atoms with Crippen LogP contribution in [0.2, 0.25) is 0 Å². The Kier molecular flexibility index (Phi) is 3.69. The maximum Gasteiger partial charge on any atom is 0.252 e. The summed E-state index contributed by atoms with van der Waals surface area (Å²) in [4.78, 5) is 14.3. The van der Waals surface area contributed by atoms with Crippen LogP contribution in [0.15, 0.2) is 22.7 Å². The Bertz CT molecular complexity index is 436. The summed E-state index contributed by atoms with van der Waals surface area (Å²) in [7, 11) is 2.06. The predicted octanol–water partition coefficient (Wildman–Crippen LogP) is 1.47. The Morgan fingerprint density at radius 3 is 3.00 bits per heavy atom. The Balaban J connectivity index is 2.06. The van der Waals surface area contributed by atoms with Gasteiger partial charge < -0.3 is 16.0 Å². The average molecular weight is 298 g/mol. The van der Waals surface area contributed by atoms with Crippen molar-refractivity contribution in [1.82, 2.24) is 10.2 Å². The summed E-state index contributed by atoms with van der Waals surface area (Å²) >= 11 is 3.37. The Labute approximate surface area is 109 Å². The van der Waals surface area contributed by atoms with Crippen molar-refractivity contribution in [2.24, 2.45) is 0 Å². The molecule has 17 heavy (non-hydrogen) atoms. The molecule has 1 saturated heterocycles. The zero-order valence-electron chi connectivity index (χ0n) is 9.74. The van der Waals surface area contributed by atoms with Gasteiger partial charge in [-0.3, -0.25) is 4.79 Å². The molecule has 0 bridgehead atoms. The highest BCUT2D eigenvalue weighted by molar-refractivity contribution is 9.10. The van der Waals surface area contributed by atoms with Crippen molar-refractivity contribution in [3.05, 3.63) is 28.2 Å². The molecule has 3 N–H and O–H groups in total. The number of rotatable bonds is 2. The van der Waals surface area contributed by atoms with Gasteiger partial charge in [-0.05, 0) is 54.1 Å². The fraction of sp³-hybridized carbons (Fsp3) is 0.417. The van der Waals surface area contributed by atoms with E-state index in [-0.39, 0.29) is 11.9 Å². The lowest BCUT2D eigenvalue weighted by Gasteiger charge is -2.13. The lowest BCUT2D eigenvalue weighted by Crippen LogP contribution is -2.36. The summed E-state index contributed by atoms with van der Waals surface area (Å²) in [5.74, 6) is -0.0653. The average Bonchev–Trinajstić information content (AvgIpc) is 2.67. The van der Waals surface area contributed by atoms with Crippen molar-refractivity contribution in [2.75, 3.05) is 25.9 Å². The highest BCUT2D eigenvalue weighted by Crippen LogP contribution is 2.20. The van der Waals surface area contributed by atoms with E-state index in [1.165, 1.54) is 0 Å². The highest BCUT2D eigenvalue weighted by Gasteiger charge is 2.22. The number of likely N-dealkylation sites (tertiary alicyclic amines) is 1. The van der Waals surface area contributed by atoms with Crippen molar-refractivity contribution in [3.63, 3.8) is 0 Å². The third kappa shape index (κ3) is 2.98. The van der Waals surface area contributed by atoms with Crippen LogP contribution < -0.4 is 11.1 Å². The van der Waals surface area contributed by atoms with E-state index < -0.39 is 0 Å². The molecule has 1 atom stereocenters. The third-order valence-electron chi connectivity index (χ3n) is 2.96. The van der Waals surface area contributed by atoms with Crippen LogP contribution >= 0.6 is 15.9 Å². The minimum absolute atomic E-state index is 0.0653. The van der Waals surface area contributed by atoms with Crippen molar-refractivity contribution in [2.45, 2.75) is 12.5 Å². The molecule has 1 fully saturated rings. The zero-order valence-corrected chi connectivity index (χ0v) is 11.3. The van der Waals surface area contributed by atoms with Gasteiger partial charge in [0.05, 0.1) is 5.56 Å². The van der Waals surface area contributed by atoms with Gasteiger partial charge in [0.2, 0.25) is 0 Å². The number of nitrogen functional groups attached to an aromatic ring is 1. The van der Waals surface area contributed by atoms with Crippen LogP contribution in [0.5, 0.6) is 0 Å². The van der Waals surface area contributed by atoms with Crippen LogP contribution in [0, 0.1) is 0 Å². The van der Waals surface area contributed by atoms with Gasteiger partial charge in [-0.1, -0.05) is 0 Å². The molecule has 1 amide bonds. The van der Waals surface area contributed by atoms with E-state index in [2.05, 4.69) is 33.2 Å². The minimum atomic E-state index is -0.0653. The molecule has 5 heteroatoms. The second-order valence-corrected chi connectivity index (χ2v) is 5.31. The van der Waals surface area contributed by atoms with Crippen molar-refractivity contribution >= 4 is 27.5 Å². The first-order chi connectivity index (χ1) is 8.06. The van der Waals surface area contributed by atoms with Crippen LogP contribution in [0.25, 0.3) is 0 Å². The van der Waals surface area contributed by atoms with E-state index in [1.807, 2.05) is 0 Å². The molecule has 1 aromatic carbocycles. The van der Waals surface area contributed by atoms with Crippen LogP contribution in [-0.4, -0.2) is 37.0 Å². The summed E-state index contributed by atoms with van der Waals surface area (Å²) in [5.41, 5.74) is 6.88. The molecule has 0 spiro atoms. The topological polar surface area (TPSA) is 58.4 Å². The number of carbonyl (C=O) groups excluding carboxylic acids is 1. The normalized spacial score (nSPS) is 20.5. The second kappa shape index (κ2) is 5.06. The van der Waals surface area contributed by atoms with E-state index in [1.54, 1.807) is 18.2 Å². The van der Waals surface area contributed by atoms with Crippen LogP contribution in [0.3, 0.4) is 0 Å². The number of amides is 1. The van der Waals surface area contributed by atoms with Gasteiger partial charge >= 0.3 is 0 Å². The first-order valence-electron chi connectivity index (χ1n) is 5.60. The van der Waals surface area contributed by atoms with Crippen molar-refractivity contribution in [3.8, 4) is 0 Å². The second-order valence-electron chi connectivity index (χ2n) is 4.46. The van der Waals surface area contributed by atoms with Gasteiger partial charge in [-0.2, -0.15) is 0 Å². The summed E-state index contributed by atoms with van der Waals surface area (Å²) in [6.07, 6.45) is 1.00. The molecular weight excluding hydrogens is 282 g/mol. The number of nitrogens with one attached hydrogen (secondary N) is 1. The van der Waals surface area contributed by atoms with E-state index in [0.717, 1.165) is 24.0 Å². The lowest BCUT2D eigenvalue weighted by atomic mass is 10.1. The number of likely N-dealkylation sites (N-methyl/N-ethyl adjacent to an activating group) is 1. The smallest absolute Gasteiger partial charge is 0.252 e. The molecule has 2 rings (SSSR count). The summed E-state index contributed by atoms with van der Waals surface area (Å²) in [6, 6.07) is 5.49. The predicted molar refractivity (Wildman–Crippen MR) is 71.9 cm³/mol. The number of benzene rings is 1. The standard InChI is InChI=1S/C12H16BrN3O/c1-16-5-4-9(7-16)15-12(17)10-6-8(14)2-3-11(10)13/h2-3,6,9H,4-5,7,14H2,1H3,(H,15,17). The Morgan fingerprint density at radius 1 is 1.59 bits per heavy atom. The number of hydrogen-bond donors (Lipinski definition) is 2. The number of nitrogens with zero attached hydrogens (tertiary/aromatic N) is 1. The fourth-order valence-corrected chi connectivity index (χ4v) is 2.46. The Morgan fingerprint density at radius 2 is 2.35 bits per heavy atom. The van der Waals surface area contributed by atoms with Crippen molar-refractivity contribution < 1.29 is 4.79 Å². The fourth-order valence-electron chi connectivity index (χ4n) is 2.03. The van der Waals surface area contributed by atoms with Gasteiger partial charge in [0, 0.05) is 22.7 Å². The summed E-state index contributed by atoms with van der Waals surface area (Å²) in [6.45, 7) is 1.94. The van der Waals surface area contributed by atoms with E-state index >= 15 is 0 Å². The molecule has 4 nitrogen and oxygen atoms in total. The molecule has 1 heterocycles. The molecule has 92 valence electrons. The van der Waals surface area contributed by atoms with Gasteiger partial charge in [0.25, 0.3) is 5.91 Å². The van der Waals surface area contributed by atoms with E-state index in [0.29, 0.717) is 11.3 Å².